The molecule has 0 aliphatic heterocycles. The Hall–Kier alpha value is -0.403. The first-order valence-electron chi connectivity index (χ1n) is 16.9. The van der Waals surface area contributed by atoms with E-state index < -0.39 is 38.4 Å². The fourth-order valence-electron chi connectivity index (χ4n) is 5.92. The first kappa shape index (κ1) is 36.8. The Morgan fingerprint density at radius 2 is 0.780 bits per heavy atom. The normalized spacial score (nSPS) is 12.1. The second kappa shape index (κ2) is 18.4. The molecule has 5 heteroatoms. The van der Waals surface area contributed by atoms with Gasteiger partial charge in [0.05, 0.1) is 0 Å². The SMILES string of the molecule is CCC[CH2][Sn]([CH2]CCC)([O]c1ccc(CC)c(C)c1C)[O][Sn]([CH2]CCC)([CH2]CCC)[O]c1ccc(CC)c(C)c1C. The third-order valence-electron chi connectivity index (χ3n) is 9.07. The van der Waals surface area contributed by atoms with Crippen molar-refractivity contribution in [3.63, 3.8) is 0 Å². The average Bonchev–Trinajstić information content (AvgIpc) is 2.98. The van der Waals surface area contributed by atoms with E-state index >= 15 is 0 Å². The third kappa shape index (κ3) is 10.3. The van der Waals surface area contributed by atoms with E-state index in [9.17, 15) is 0 Å². The van der Waals surface area contributed by atoms with Gasteiger partial charge >= 0.3 is 266 Å². The first-order valence-corrected chi connectivity index (χ1v) is 29.6. The molecular formula is C36H62O3Sn2. The van der Waals surface area contributed by atoms with Gasteiger partial charge in [-0.25, -0.2) is 0 Å². The summed E-state index contributed by atoms with van der Waals surface area (Å²) in [6.45, 7) is 22.8. The van der Waals surface area contributed by atoms with Crippen LogP contribution in [0.5, 0.6) is 11.5 Å². The van der Waals surface area contributed by atoms with Crippen molar-refractivity contribution in [3.8, 4) is 11.5 Å². The van der Waals surface area contributed by atoms with Gasteiger partial charge in [-0.2, -0.15) is 0 Å². The van der Waals surface area contributed by atoms with Crippen molar-refractivity contribution in [1.82, 2.24) is 0 Å². The molecule has 0 aliphatic rings. The number of hydrogen-bond acceptors (Lipinski definition) is 3. The van der Waals surface area contributed by atoms with Crippen LogP contribution < -0.4 is 6.15 Å². The van der Waals surface area contributed by atoms with Crippen molar-refractivity contribution < 1.29 is 7.56 Å². The molecule has 0 spiro atoms. The molecular weight excluding hydrogens is 718 g/mol. The Bertz CT molecular complexity index is 966. The van der Waals surface area contributed by atoms with Crippen LogP contribution in [0.2, 0.25) is 17.7 Å². The summed E-state index contributed by atoms with van der Waals surface area (Å²) in [5, 5.41) is 0. The molecule has 0 unspecified atom stereocenters. The van der Waals surface area contributed by atoms with Crippen LogP contribution in [0.4, 0.5) is 0 Å². The maximum absolute atomic E-state index is 7.92. The van der Waals surface area contributed by atoms with Crippen LogP contribution in [0.15, 0.2) is 24.3 Å². The van der Waals surface area contributed by atoms with Crippen molar-refractivity contribution in [2.45, 2.75) is 151 Å². The minimum absolute atomic E-state index is 1.06. The van der Waals surface area contributed by atoms with E-state index in [-0.39, 0.29) is 0 Å². The molecule has 2 rings (SSSR count). The van der Waals surface area contributed by atoms with E-state index in [0.717, 1.165) is 42.1 Å². The average molecular weight is 780 g/mol. The van der Waals surface area contributed by atoms with E-state index in [1.807, 2.05) is 0 Å². The summed E-state index contributed by atoms with van der Waals surface area (Å²) in [5.74, 6) is 2.15. The van der Waals surface area contributed by atoms with Gasteiger partial charge in [-0.15, -0.1) is 0 Å². The van der Waals surface area contributed by atoms with Crippen LogP contribution in [0, 0.1) is 27.7 Å². The zero-order valence-electron chi connectivity index (χ0n) is 28.4. The van der Waals surface area contributed by atoms with Crippen LogP contribution in [-0.2, 0) is 14.3 Å². The molecule has 0 saturated carbocycles. The summed E-state index contributed by atoms with van der Waals surface area (Å²) in [5.41, 5.74) is 8.19. The zero-order valence-corrected chi connectivity index (χ0v) is 34.1. The summed E-state index contributed by atoms with van der Waals surface area (Å²) in [6.07, 6.45) is 11.5. The van der Waals surface area contributed by atoms with Crippen molar-refractivity contribution >= 4 is 38.4 Å². The van der Waals surface area contributed by atoms with Crippen LogP contribution >= 0.6 is 0 Å². The molecule has 2 aromatic rings. The van der Waals surface area contributed by atoms with Crippen molar-refractivity contribution in [1.29, 1.82) is 0 Å². The van der Waals surface area contributed by atoms with Gasteiger partial charge in [0.25, 0.3) is 0 Å². The zero-order chi connectivity index (χ0) is 30.5. The Kier molecular flexibility index (Phi) is 16.5. The fraction of sp³-hybridized carbons (Fsp3) is 0.667. The van der Waals surface area contributed by atoms with Gasteiger partial charge in [-0.1, -0.05) is 0 Å². The van der Waals surface area contributed by atoms with Gasteiger partial charge in [0.2, 0.25) is 0 Å². The molecule has 41 heavy (non-hydrogen) atoms. The Labute approximate surface area is 264 Å². The van der Waals surface area contributed by atoms with Gasteiger partial charge in [0, 0.05) is 0 Å². The van der Waals surface area contributed by atoms with Gasteiger partial charge in [-0.3, -0.25) is 0 Å². The van der Waals surface area contributed by atoms with E-state index in [1.54, 1.807) is 0 Å². The monoisotopic (exact) mass is 782 g/mol. The van der Waals surface area contributed by atoms with Gasteiger partial charge in [-0.05, 0) is 0 Å². The molecule has 0 aromatic heterocycles. The maximum atomic E-state index is 7.92. The van der Waals surface area contributed by atoms with Crippen molar-refractivity contribution in [3.05, 3.63) is 57.6 Å². The summed E-state index contributed by atoms with van der Waals surface area (Å²) >= 11 is -7.29. The van der Waals surface area contributed by atoms with Gasteiger partial charge in [0.15, 0.2) is 0 Å². The summed E-state index contributed by atoms with van der Waals surface area (Å²) in [6, 6.07) is 9.08. The van der Waals surface area contributed by atoms with E-state index in [4.69, 9.17) is 7.56 Å². The molecule has 0 fully saturated rings. The number of aryl methyl sites for hydroxylation is 2. The molecule has 3 nitrogen and oxygen atoms in total. The predicted octanol–water partition coefficient (Wildman–Crippen LogP) is 11.6. The number of benzene rings is 2. The summed E-state index contributed by atoms with van der Waals surface area (Å²) in [4.78, 5) is 0. The van der Waals surface area contributed by atoms with Crippen molar-refractivity contribution in [2.24, 2.45) is 0 Å². The van der Waals surface area contributed by atoms with Crippen LogP contribution in [0.1, 0.15) is 126 Å². The van der Waals surface area contributed by atoms with E-state index in [0.29, 0.717) is 0 Å². The molecule has 232 valence electrons. The predicted molar refractivity (Wildman–Crippen MR) is 183 cm³/mol. The van der Waals surface area contributed by atoms with E-state index in [1.165, 1.54) is 84.7 Å². The molecule has 0 N–H and O–H groups in total. The quantitative estimate of drug-likeness (QED) is 0.125. The first-order chi connectivity index (χ1) is 19.6. The van der Waals surface area contributed by atoms with Crippen molar-refractivity contribution in [2.75, 3.05) is 0 Å². The van der Waals surface area contributed by atoms with Gasteiger partial charge in [0.1, 0.15) is 0 Å². The second-order valence-electron chi connectivity index (χ2n) is 12.2. The number of unbranched alkanes of at least 4 members (excludes halogenated alkanes) is 4. The second-order valence-corrected chi connectivity index (χ2v) is 34.0. The Balaban J connectivity index is 2.69. The Morgan fingerprint density at radius 1 is 0.463 bits per heavy atom. The number of hydrogen-bond donors (Lipinski definition) is 0. The molecule has 0 atom stereocenters. The van der Waals surface area contributed by atoms with E-state index in [2.05, 4.69) is 93.5 Å². The molecule has 0 radical (unpaired) electrons. The fourth-order valence-corrected chi connectivity index (χ4v) is 48.0. The molecule has 0 amide bonds. The van der Waals surface area contributed by atoms with Crippen LogP contribution in [0.25, 0.3) is 0 Å². The molecule has 0 heterocycles. The molecule has 0 saturated heterocycles. The van der Waals surface area contributed by atoms with Crippen LogP contribution in [-0.4, -0.2) is 38.4 Å². The van der Waals surface area contributed by atoms with Gasteiger partial charge < -0.3 is 0 Å². The number of rotatable bonds is 20. The third-order valence-corrected chi connectivity index (χ3v) is 41.6. The van der Waals surface area contributed by atoms with Crippen LogP contribution in [0.3, 0.4) is 0 Å². The summed E-state index contributed by atoms with van der Waals surface area (Å²) < 4.78 is 27.2. The standard InChI is InChI=1S/2C10H14O.4C4H9.O.2Sn/c2*1-4-9-5-6-10(11)8(3)7(9)2;4*1-3-4-2;;;/h2*5-6,11H,4H2,1-3H3;4*1,3-4H2,2H3;;;/q;;;;;;;2*+1/p-2. The summed E-state index contributed by atoms with van der Waals surface area (Å²) in [7, 11) is 0. The topological polar surface area (TPSA) is 27.7 Å². The Morgan fingerprint density at radius 3 is 1.05 bits per heavy atom. The molecule has 2 aromatic carbocycles. The molecule has 0 bridgehead atoms. The minimum atomic E-state index is -3.64. The molecule has 0 aliphatic carbocycles.